The summed E-state index contributed by atoms with van der Waals surface area (Å²) in [5.74, 6) is 5.40. The van der Waals surface area contributed by atoms with Crippen molar-refractivity contribution in [1.82, 2.24) is 9.97 Å². The van der Waals surface area contributed by atoms with Gasteiger partial charge in [-0.25, -0.2) is 9.98 Å². The Hall–Kier alpha value is -2.05. The highest BCUT2D eigenvalue weighted by Gasteiger charge is 1.93. The van der Waals surface area contributed by atoms with Crippen LogP contribution in [-0.2, 0) is 0 Å². The number of nitrogens with two attached hydrogens (primary N) is 1. The summed E-state index contributed by atoms with van der Waals surface area (Å²) in [5, 5.41) is 6.41. The molecule has 7 heteroatoms. The highest BCUT2D eigenvalue weighted by atomic mass is 15.4. The van der Waals surface area contributed by atoms with Gasteiger partial charge in [-0.1, -0.05) is 10.3 Å². The van der Waals surface area contributed by atoms with Crippen LogP contribution in [0.4, 0.5) is 5.82 Å². The minimum atomic E-state index is 0.0850. The van der Waals surface area contributed by atoms with Gasteiger partial charge in [0.15, 0.2) is 5.82 Å². The molecule has 0 amide bonds. The summed E-state index contributed by atoms with van der Waals surface area (Å²) in [4.78, 5) is 13.8. The second-order valence-electron chi connectivity index (χ2n) is 1.72. The van der Waals surface area contributed by atoms with Gasteiger partial charge in [0.2, 0.25) is 0 Å². The molecule has 0 spiro atoms. The maximum Gasteiger partial charge on any atom is 0.271 e. The quantitative estimate of drug-likeness (QED) is 0.207. The number of nitrogens with one attached hydrogen (secondary N) is 1. The van der Waals surface area contributed by atoms with Crippen molar-refractivity contribution in [2.24, 2.45) is 26.2 Å². The molecule has 1 aromatic heterocycles. The van der Waals surface area contributed by atoms with E-state index in [-0.39, 0.29) is 5.96 Å². The number of aromatic amines is 1. The predicted octanol–water partition coefficient (Wildman–Crippen LogP) is 0.424. The van der Waals surface area contributed by atoms with Gasteiger partial charge in [-0.3, -0.25) is 0 Å². The molecule has 0 atom stereocenters. The second-order valence-corrected chi connectivity index (χ2v) is 1.72. The topological polar surface area (TPSA) is 104 Å². The third kappa shape index (κ3) is 1.97. The molecule has 0 saturated carbocycles. The summed E-state index contributed by atoms with van der Waals surface area (Å²) < 4.78 is 0. The monoisotopic (exact) mass is 165 g/mol. The van der Waals surface area contributed by atoms with Gasteiger partial charge < -0.3 is 10.8 Å². The summed E-state index contributed by atoms with van der Waals surface area (Å²) in [5.41, 5.74) is 0. The molecule has 0 bridgehead atoms. The van der Waals surface area contributed by atoms with Gasteiger partial charge in [-0.2, -0.15) is 4.99 Å². The number of hydrogen-bond donors (Lipinski definition) is 2. The Bertz CT molecular complexity index is 296. The third-order valence-electron chi connectivity index (χ3n) is 0.993. The standard InChI is InChI=1S/C5H7N7/c1-7-5(11-12-6)10-4-2-8-3-9-4/h2-3H,1H2,(H,8,9)(H2,6,10,11). The van der Waals surface area contributed by atoms with Crippen LogP contribution in [0.25, 0.3) is 0 Å². The third-order valence-corrected chi connectivity index (χ3v) is 0.993. The van der Waals surface area contributed by atoms with Crippen LogP contribution in [0.5, 0.6) is 0 Å². The summed E-state index contributed by atoms with van der Waals surface area (Å²) in [6.07, 6.45) is 3.00. The van der Waals surface area contributed by atoms with Crippen LogP contribution < -0.4 is 5.84 Å². The molecule has 0 aliphatic carbocycles. The summed E-state index contributed by atoms with van der Waals surface area (Å²) in [7, 11) is 0. The van der Waals surface area contributed by atoms with Crippen LogP contribution in [0.1, 0.15) is 0 Å². The van der Waals surface area contributed by atoms with Gasteiger partial charge in [0, 0.05) is 0 Å². The van der Waals surface area contributed by atoms with E-state index in [2.05, 4.69) is 37.0 Å². The first-order valence-electron chi connectivity index (χ1n) is 3.01. The van der Waals surface area contributed by atoms with Crippen molar-refractivity contribution >= 4 is 18.5 Å². The Kier molecular flexibility index (Phi) is 2.66. The highest BCUT2D eigenvalue weighted by Crippen LogP contribution is 2.04. The van der Waals surface area contributed by atoms with Crippen LogP contribution in [-0.4, -0.2) is 22.6 Å². The number of H-pyrrole nitrogens is 1. The zero-order chi connectivity index (χ0) is 8.81. The second kappa shape index (κ2) is 3.96. The van der Waals surface area contributed by atoms with Gasteiger partial charge in [0.25, 0.3) is 5.96 Å². The minimum absolute atomic E-state index is 0.0850. The van der Waals surface area contributed by atoms with Gasteiger partial charge in [0.1, 0.15) is 0 Å². The molecule has 0 unspecified atom stereocenters. The van der Waals surface area contributed by atoms with Crippen molar-refractivity contribution in [3.05, 3.63) is 12.5 Å². The number of imidazole rings is 1. The summed E-state index contributed by atoms with van der Waals surface area (Å²) >= 11 is 0. The Morgan fingerprint density at radius 1 is 1.67 bits per heavy atom. The zero-order valence-electron chi connectivity index (χ0n) is 6.18. The lowest BCUT2D eigenvalue weighted by molar-refractivity contribution is 1.07. The van der Waals surface area contributed by atoms with Crippen molar-refractivity contribution < 1.29 is 0 Å². The first kappa shape index (κ1) is 8.05. The van der Waals surface area contributed by atoms with Crippen molar-refractivity contribution in [3.63, 3.8) is 0 Å². The van der Waals surface area contributed by atoms with Gasteiger partial charge >= 0.3 is 0 Å². The Morgan fingerprint density at radius 2 is 2.50 bits per heavy atom. The maximum absolute atomic E-state index is 4.80. The summed E-state index contributed by atoms with van der Waals surface area (Å²) in [6, 6.07) is 0. The van der Waals surface area contributed by atoms with Crippen LogP contribution in [0.15, 0.2) is 32.8 Å². The average Bonchev–Trinajstić information content (AvgIpc) is 2.56. The zero-order valence-corrected chi connectivity index (χ0v) is 6.18. The number of aliphatic imine (C=N–C) groups is 2. The van der Waals surface area contributed by atoms with E-state index < -0.39 is 0 Å². The number of guanidine groups is 1. The number of rotatable bonds is 1. The molecule has 1 rings (SSSR count). The van der Waals surface area contributed by atoms with E-state index in [0.29, 0.717) is 5.82 Å². The van der Waals surface area contributed by atoms with Crippen LogP contribution in [0.2, 0.25) is 0 Å². The first-order chi connectivity index (χ1) is 5.86. The molecule has 0 aromatic carbocycles. The SMILES string of the molecule is C=NC(N=NN)=Nc1cnc[nH]1. The number of aromatic nitrogens is 2. The fourth-order valence-electron chi connectivity index (χ4n) is 0.558. The van der Waals surface area contributed by atoms with Crippen molar-refractivity contribution in [2.45, 2.75) is 0 Å². The molecule has 12 heavy (non-hydrogen) atoms. The van der Waals surface area contributed by atoms with Gasteiger partial charge in [-0.05, 0) is 6.72 Å². The number of hydrogen-bond acceptors (Lipinski definition) is 3. The molecule has 1 aromatic rings. The van der Waals surface area contributed by atoms with E-state index in [1.807, 2.05) is 0 Å². The molecular formula is C5H7N7. The smallest absolute Gasteiger partial charge is 0.271 e. The van der Waals surface area contributed by atoms with Crippen molar-refractivity contribution in [2.75, 3.05) is 0 Å². The fraction of sp³-hybridized carbons (Fsp3) is 0. The van der Waals surface area contributed by atoms with E-state index in [1.165, 1.54) is 12.5 Å². The van der Waals surface area contributed by atoms with E-state index >= 15 is 0 Å². The lowest BCUT2D eigenvalue weighted by atomic mass is 10.8. The normalized spacial score (nSPS) is 12.2. The summed E-state index contributed by atoms with van der Waals surface area (Å²) in [6.45, 7) is 3.24. The van der Waals surface area contributed by atoms with E-state index in [0.717, 1.165) is 0 Å². The molecule has 1 heterocycles. The van der Waals surface area contributed by atoms with Crippen molar-refractivity contribution in [1.29, 1.82) is 0 Å². The first-order valence-corrected chi connectivity index (χ1v) is 3.01. The van der Waals surface area contributed by atoms with Crippen LogP contribution in [0.3, 0.4) is 0 Å². The van der Waals surface area contributed by atoms with E-state index in [9.17, 15) is 0 Å². The molecular weight excluding hydrogens is 158 g/mol. The molecule has 62 valence electrons. The van der Waals surface area contributed by atoms with Gasteiger partial charge in [0.05, 0.1) is 12.5 Å². The predicted molar refractivity (Wildman–Crippen MR) is 44.3 cm³/mol. The Balaban J connectivity index is 2.85. The van der Waals surface area contributed by atoms with Crippen LogP contribution in [0, 0.1) is 0 Å². The minimum Gasteiger partial charge on any atom is -0.330 e. The molecule has 0 saturated heterocycles. The van der Waals surface area contributed by atoms with E-state index in [1.54, 1.807) is 0 Å². The molecule has 7 nitrogen and oxygen atoms in total. The van der Waals surface area contributed by atoms with Crippen LogP contribution >= 0.6 is 0 Å². The lowest BCUT2D eigenvalue weighted by Crippen LogP contribution is -1.88. The molecule has 0 aliphatic rings. The molecule has 0 fully saturated rings. The maximum atomic E-state index is 4.80. The Morgan fingerprint density at radius 3 is 3.00 bits per heavy atom. The van der Waals surface area contributed by atoms with Gasteiger partial charge in [-0.15, -0.1) is 0 Å². The highest BCUT2D eigenvalue weighted by molar-refractivity contribution is 5.86. The van der Waals surface area contributed by atoms with Crippen molar-refractivity contribution in [3.8, 4) is 0 Å². The van der Waals surface area contributed by atoms with E-state index in [4.69, 9.17) is 5.84 Å². The lowest BCUT2D eigenvalue weighted by Gasteiger charge is -1.86. The largest absolute Gasteiger partial charge is 0.330 e. The Labute approximate surface area is 68.1 Å². The fourth-order valence-corrected chi connectivity index (χ4v) is 0.558. The molecule has 0 radical (unpaired) electrons. The number of nitrogens with zero attached hydrogens (tertiary/aromatic N) is 5. The molecule has 0 aliphatic heterocycles. The average molecular weight is 165 g/mol. The molecule has 3 N–H and O–H groups in total.